The molecule has 4 unspecified atom stereocenters. The van der Waals surface area contributed by atoms with E-state index in [-0.39, 0.29) is 12.8 Å². The Labute approximate surface area is 171 Å². The summed E-state index contributed by atoms with van der Waals surface area (Å²) in [5.74, 6) is 0. The van der Waals surface area contributed by atoms with Gasteiger partial charge in [-0.15, -0.1) is 0 Å². The van der Waals surface area contributed by atoms with Crippen LogP contribution in [0.3, 0.4) is 0 Å². The number of carbonyl (C=O) groups excluding carboxylic acids is 1. The Bertz CT molecular complexity index is 537. The summed E-state index contributed by atoms with van der Waals surface area (Å²) < 4.78 is 0. The highest BCUT2D eigenvalue weighted by molar-refractivity contribution is 5.49. The number of aliphatic hydroxyl groups is 2. The zero-order valence-electron chi connectivity index (χ0n) is 17.1. The lowest BCUT2D eigenvalue weighted by Crippen LogP contribution is -2.42. The number of nitrogens with zero attached hydrogens (tertiary/aromatic N) is 2. The van der Waals surface area contributed by atoms with E-state index in [4.69, 9.17) is 0 Å². The summed E-state index contributed by atoms with van der Waals surface area (Å²) in [4.78, 5) is 31.4. The topological polar surface area (TPSA) is 144 Å². The lowest BCUT2D eigenvalue weighted by atomic mass is 9.95. The number of carbonyl (C=O) groups is 1. The molecule has 0 heterocycles. The molecule has 0 aliphatic heterocycles. The van der Waals surface area contributed by atoms with Crippen molar-refractivity contribution in [3.05, 3.63) is 44.5 Å². The van der Waals surface area contributed by atoms with Crippen LogP contribution in [0.1, 0.15) is 71.1 Å². The van der Waals surface area contributed by atoms with Crippen LogP contribution in [0, 0.1) is 20.2 Å². The Morgan fingerprint density at radius 2 is 1.52 bits per heavy atom. The molecule has 9 nitrogen and oxygen atoms in total. The van der Waals surface area contributed by atoms with Crippen LogP contribution in [0.5, 0.6) is 0 Å². The summed E-state index contributed by atoms with van der Waals surface area (Å²) >= 11 is 0. The van der Waals surface area contributed by atoms with Crippen LogP contribution in [0.25, 0.3) is 0 Å². The van der Waals surface area contributed by atoms with E-state index in [9.17, 15) is 35.2 Å². The molecule has 0 aromatic rings. The molecular weight excluding hydrogens is 380 g/mol. The second-order valence-corrected chi connectivity index (χ2v) is 7.08. The maximum absolute atomic E-state index is 11.3. The van der Waals surface area contributed by atoms with Gasteiger partial charge in [0.25, 0.3) is 0 Å². The minimum absolute atomic E-state index is 0.0521. The molecule has 9 heteroatoms. The van der Waals surface area contributed by atoms with Gasteiger partial charge in [0, 0.05) is 22.7 Å². The molecule has 0 aromatic heterocycles. The summed E-state index contributed by atoms with van der Waals surface area (Å²) in [7, 11) is 0. The van der Waals surface area contributed by atoms with E-state index in [2.05, 4.69) is 0 Å². The van der Waals surface area contributed by atoms with Crippen molar-refractivity contribution in [1.29, 1.82) is 0 Å². The summed E-state index contributed by atoms with van der Waals surface area (Å²) in [6.07, 6.45) is 9.94. The summed E-state index contributed by atoms with van der Waals surface area (Å²) in [5.41, 5.74) is 0. The fourth-order valence-corrected chi connectivity index (χ4v) is 2.91. The molecule has 0 saturated heterocycles. The second-order valence-electron chi connectivity index (χ2n) is 7.08. The van der Waals surface area contributed by atoms with Gasteiger partial charge in [-0.25, -0.2) is 0 Å². The van der Waals surface area contributed by atoms with E-state index in [1.54, 1.807) is 12.2 Å². The summed E-state index contributed by atoms with van der Waals surface area (Å²) in [5, 5.41) is 42.8. The van der Waals surface area contributed by atoms with Crippen LogP contribution in [-0.4, -0.2) is 50.6 Å². The van der Waals surface area contributed by atoms with E-state index in [1.807, 2.05) is 19.1 Å². The van der Waals surface area contributed by atoms with Gasteiger partial charge in [-0.05, 0) is 25.7 Å². The number of aliphatic hydroxyl groups excluding tert-OH is 2. The molecule has 0 saturated carbocycles. The van der Waals surface area contributed by atoms with E-state index in [0.29, 0.717) is 19.3 Å². The van der Waals surface area contributed by atoms with Crippen molar-refractivity contribution in [2.24, 2.45) is 0 Å². The Kier molecular flexibility index (Phi) is 15.6. The van der Waals surface area contributed by atoms with Crippen molar-refractivity contribution in [1.82, 2.24) is 0 Å². The molecule has 0 radical (unpaired) electrons. The molecule has 2 N–H and O–H groups in total. The first-order valence-corrected chi connectivity index (χ1v) is 10.2. The smallest absolute Gasteiger partial charge is 0.242 e. The monoisotopic (exact) mass is 414 g/mol. The first-order chi connectivity index (χ1) is 13.8. The Morgan fingerprint density at radius 3 is 2.10 bits per heavy atom. The highest BCUT2D eigenvalue weighted by Crippen LogP contribution is 2.18. The molecule has 166 valence electrons. The molecule has 0 fully saturated rings. The molecule has 0 aliphatic carbocycles. The predicted molar refractivity (Wildman–Crippen MR) is 110 cm³/mol. The maximum Gasteiger partial charge on any atom is 0.242 e. The third-order valence-electron chi connectivity index (χ3n) is 4.69. The SMILES string of the molecule is CCCCCC(O)C(CC(O)C(C/C=C\C/C=C\CCCC=O)[N+](=O)[O-])[N+](=O)[O-]. The van der Waals surface area contributed by atoms with Gasteiger partial charge < -0.3 is 15.0 Å². The lowest BCUT2D eigenvalue weighted by molar-refractivity contribution is -0.553. The van der Waals surface area contributed by atoms with Crippen molar-refractivity contribution in [3.8, 4) is 0 Å². The highest BCUT2D eigenvalue weighted by Gasteiger charge is 2.38. The zero-order chi connectivity index (χ0) is 22.1. The molecule has 0 rings (SSSR count). The standard InChI is InChI=1S/C20H34N2O7/c1-2-3-10-14-19(24)18(22(28)29)16-20(25)17(21(26)27)13-11-8-6-4-5-7-9-12-15-23/h4-5,8,11,15,17-20,24-25H,2-3,6-7,9-10,12-14,16H2,1H3/b5-4-,11-8-. The maximum atomic E-state index is 11.3. The fraction of sp³-hybridized carbons (Fsp3) is 0.750. The Balaban J connectivity index is 4.63. The van der Waals surface area contributed by atoms with Crippen LogP contribution in [0.15, 0.2) is 24.3 Å². The van der Waals surface area contributed by atoms with Crippen LogP contribution in [0.4, 0.5) is 0 Å². The van der Waals surface area contributed by atoms with E-state index < -0.39 is 40.6 Å². The van der Waals surface area contributed by atoms with Gasteiger partial charge in [0.15, 0.2) is 0 Å². The molecule has 0 amide bonds. The van der Waals surface area contributed by atoms with E-state index in [0.717, 1.165) is 32.0 Å². The lowest BCUT2D eigenvalue weighted by Gasteiger charge is -2.20. The van der Waals surface area contributed by atoms with Gasteiger partial charge in [-0.3, -0.25) is 20.2 Å². The van der Waals surface area contributed by atoms with Gasteiger partial charge >= 0.3 is 0 Å². The van der Waals surface area contributed by atoms with Crippen LogP contribution < -0.4 is 0 Å². The average Bonchev–Trinajstić information content (AvgIpc) is 2.67. The number of hydrogen-bond donors (Lipinski definition) is 2. The Morgan fingerprint density at radius 1 is 0.862 bits per heavy atom. The number of aldehydes is 1. The minimum Gasteiger partial charge on any atom is -0.386 e. The zero-order valence-corrected chi connectivity index (χ0v) is 17.1. The van der Waals surface area contributed by atoms with E-state index >= 15 is 0 Å². The Hall–Kier alpha value is -2.13. The summed E-state index contributed by atoms with van der Waals surface area (Å²) in [6.45, 7) is 1.97. The third-order valence-corrected chi connectivity index (χ3v) is 4.69. The normalized spacial score (nSPS) is 16.0. The number of nitro groups is 2. The first-order valence-electron chi connectivity index (χ1n) is 10.2. The first kappa shape index (κ1) is 26.9. The van der Waals surface area contributed by atoms with Crippen molar-refractivity contribution < 1.29 is 24.9 Å². The fourth-order valence-electron chi connectivity index (χ4n) is 2.91. The van der Waals surface area contributed by atoms with Gasteiger partial charge in [0.1, 0.15) is 18.5 Å². The highest BCUT2D eigenvalue weighted by atomic mass is 16.6. The minimum atomic E-state index is -1.52. The summed E-state index contributed by atoms with van der Waals surface area (Å²) in [6, 6.07) is -2.80. The number of hydrogen-bond acceptors (Lipinski definition) is 7. The number of unbranched alkanes of at least 4 members (excludes halogenated alkanes) is 4. The van der Waals surface area contributed by atoms with Crippen molar-refractivity contribution >= 4 is 6.29 Å². The van der Waals surface area contributed by atoms with Gasteiger partial charge in [0.2, 0.25) is 12.1 Å². The number of allylic oxidation sites excluding steroid dienone is 3. The molecule has 29 heavy (non-hydrogen) atoms. The van der Waals surface area contributed by atoms with Crippen molar-refractivity contribution in [2.75, 3.05) is 0 Å². The van der Waals surface area contributed by atoms with Crippen molar-refractivity contribution in [2.45, 2.75) is 95.4 Å². The largest absolute Gasteiger partial charge is 0.386 e. The molecule has 0 bridgehead atoms. The third kappa shape index (κ3) is 12.8. The van der Waals surface area contributed by atoms with Gasteiger partial charge in [0.05, 0.1) is 6.42 Å². The van der Waals surface area contributed by atoms with Crippen LogP contribution in [0.2, 0.25) is 0 Å². The van der Waals surface area contributed by atoms with Crippen molar-refractivity contribution in [3.63, 3.8) is 0 Å². The molecule has 0 aromatic carbocycles. The van der Waals surface area contributed by atoms with Gasteiger partial charge in [-0.2, -0.15) is 0 Å². The quantitative estimate of drug-likeness (QED) is 0.115. The van der Waals surface area contributed by atoms with Gasteiger partial charge in [-0.1, -0.05) is 50.5 Å². The number of rotatable bonds is 18. The average molecular weight is 414 g/mol. The van der Waals surface area contributed by atoms with Crippen LogP contribution >= 0.6 is 0 Å². The second kappa shape index (κ2) is 16.8. The van der Waals surface area contributed by atoms with Crippen LogP contribution in [-0.2, 0) is 4.79 Å². The molecule has 0 aliphatic rings. The predicted octanol–water partition coefficient (Wildman–Crippen LogP) is 3.23. The molecule has 0 spiro atoms. The van der Waals surface area contributed by atoms with E-state index in [1.165, 1.54) is 0 Å². The molecular formula is C20H34N2O7. The molecule has 4 atom stereocenters.